The molecule has 4 heteroatoms. The first-order valence-corrected chi connectivity index (χ1v) is 17.1. The molecule has 0 amide bonds. The number of rotatable bonds is 6. The van der Waals surface area contributed by atoms with Crippen LogP contribution in [0, 0.1) is 0 Å². The van der Waals surface area contributed by atoms with Gasteiger partial charge in [-0.1, -0.05) is 140 Å². The smallest absolute Gasteiger partial charge is 0.157 e. The van der Waals surface area contributed by atoms with Gasteiger partial charge < -0.3 is 10.2 Å². The fraction of sp³-hybridized carbons (Fsp3) is 0.0213. The van der Waals surface area contributed by atoms with Gasteiger partial charge in [0.15, 0.2) is 5.84 Å². The molecule has 0 aliphatic heterocycles. The average Bonchev–Trinajstić information content (AvgIpc) is 3.55. The highest BCUT2D eigenvalue weighted by Gasteiger charge is 2.13. The van der Waals surface area contributed by atoms with Gasteiger partial charge in [0.2, 0.25) is 0 Å². The van der Waals surface area contributed by atoms with E-state index in [-0.39, 0.29) is 0 Å². The summed E-state index contributed by atoms with van der Waals surface area (Å²) in [6.45, 7) is 0.440. The monoisotopic (exact) mass is 655 g/mol. The van der Waals surface area contributed by atoms with Crippen LogP contribution in [-0.4, -0.2) is 11.7 Å². The summed E-state index contributed by atoms with van der Waals surface area (Å²) >= 11 is 0. The molecule has 0 bridgehead atoms. The van der Waals surface area contributed by atoms with Crippen LogP contribution in [0.25, 0.3) is 65.7 Å². The van der Waals surface area contributed by atoms with Crippen LogP contribution in [-0.2, 0) is 6.54 Å². The second-order valence-corrected chi connectivity index (χ2v) is 12.8. The van der Waals surface area contributed by atoms with Gasteiger partial charge >= 0.3 is 0 Å². The maximum atomic E-state index is 6.49. The Kier molecular flexibility index (Phi) is 7.67. The molecule has 8 aromatic carbocycles. The van der Waals surface area contributed by atoms with E-state index in [0.29, 0.717) is 18.2 Å². The summed E-state index contributed by atoms with van der Waals surface area (Å²) in [4.78, 5) is 9.92. The number of hydrogen-bond donors (Lipinski definition) is 1. The largest absolute Gasteiger partial charge is 0.456 e. The van der Waals surface area contributed by atoms with Gasteiger partial charge in [0.1, 0.15) is 17.0 Å². The Hall–Kier alpha value is -6.78. The number of hydrogen-bond acceptors (Lipinski definition) is 2. The molecular weight excluding hydrogens is 623 g/mol. The predicted octanol–water partition coefficient (Wildman–Crippen LogP) is 11.6. The number of furan rings is 1. The minimum absolute atomic E-state index is 0.432. The molecule has 0 atom stereocenters. The van der Waals surface area contributed by atoms with Crippen molar-refractivity contribution < 1.29 is 4.42 Å². The first-order chi connectivity index (χ1) is 25.2. The van der Waals surface area contributed by atoms with E-state index < -0.39 is 0 Å². The molecular formula is C47H33N3O. The molecule has 9 aromatic rings. The maximum Gasteiger partial charge on any atom is 0.157 e. The number of amidine groups is 2. The van der Waals surface area contributed by atoms with Crippen LogP contribution in [0.4, 0.5) is 0 Å². The summed E-state index contributed by atoms with van der Waals surface area (Å²) in [6.07, 6.45) is 0. The van der Waals surface area contributed by atoms with Crippen molar-refractivity contribution in [1.29, 1.82) is 0 Å². The third-order valence-electron chi connectivity index (χ3n) is 9.57. The first kappa shape index (κ1) is 30.3. The molecule has 0 aliphatic carbocycles. The minimum Gasteiger partial charge on any atom is -0.456 e. The maximum absolute atomic E-state index is 6.49. The highest BCUT2D eigenvalue weighted by atomic mass is 16.3. The molecule has 4 nitrogen and oxygen atoms in total. The van der Waals surface area contributed by atoms with Crippen molar-refractivity contribution in [1.82, 2.24) is 0 Å². The van der Waals surface area contributed by atoms with Crippen LogP contribution in [0.2, 0.25) is 0 Å². The van der Waals surface area contributed by atoms with Crippen LogP contribution in [0.15, 0.2) is 190 Å². The average molecular weight is 656 g/mol. The summed E-state index contributed by atoms with van der Waals surface area (Å²) in [5, 5.41) is 7.01. The zero-order valence-electron chi connectivity index (χ0n) is 27.8. The lowest BCUT2D eigenvalue weighted by molar-refractivity contribution is 0.669. The minimum atomic E-state index is 0.432. The molecule has 0 radical (unpaired) electrons. The van der Waals surface area contributed by atoms with Crippen molar-refractivity contribution in [2.24, 2.45) is 15.7 Å². The van der Waals surface area contributed by atoms with E-state index in [4.69, 9.17) is 20.1 Å². The summed E-state index contributed by atoms with van der Waals surface area (Å²) in [5.41, 5.74) is 15.7. The number of nitrogens with two attached hydrogens (primary N) is 1. The molecule has 51 heavy (non-hydrogen) atoms. The summed E-state index contributed by atoms with van der Waals surface area (Å²) in [5.74, 6) is 1.03. The molecule has 242 valence electrons. The van der Waals surface area contributed by atoms with E-state index in [9.17, 15) is 0 Å². The molecule has 0 saturated heterocycles. The number of aliphatic imine (C=N–C) groups is 2. The summed E-state index contributed by atoms with van der Waals surface area (Å²) < 4.78 is 6.37. The zero-order valence-corrected chi connectivity index (χ0v) is 27.8. The normalized spacial score (nSPS) is 12.3. The highest BCUT2D eigenvalue weighted by Crippen LogP contribution is 2.36. The predicted molar refractivity (Wildman–Crippen MR) is 213 cm³/mol. The lowest BCUT2D eigenvalue weighted by atomic mass is 9.94. The van der Waals surface area contributed by atoms with E-state index in [1.54, 1.807) is 0 Å². The van der Waals surface area contributed by atoms with Gasteiger partial charge in [0.25, 0.3) is 0 Å². The zero-order chi connectivity index (χ0) is 34.1. The Balaban J connectivity index is 1.08. The quantitative estimate of drug-likeness (QED) is 0.143. The molecule has 0 unspecified atom stereocenters. The Morgan fingerprint density at radius 1 is 0.471 bits per heavy atom. The molecule has 2 N–H and O–H groups in total. The standard InChI is InChI=1S/C47H33N3O/c48-46(33-11-3-1-4-12-33)50-47(34-13-5-2-6-14-34)49-30-40-25-35-15-7-8-16-36(35)26-42(40)32-21-19-31(20-22-32)39-23-24-41-43-27-37-17-9-10-18-38(37)28-45(43)51-44(41)29-39/h1-29H,30H2,(H2,48,49,50). The van der Waals surface area contributed by atoms with Gasteiger partial charge in [-0.25, -0.2) is 4.99 Å². The van der Waals surface area contributed by atoms with Gasteiger partial charge in [0.05, 0.1) is 6.54 Å². The Morgan fingerprint density at radius 3 is 1.73 bits per heavy atom. The van der Waals surface area contributed by atoms with Crippen LogP contribution in [0.1, 0.15) is 16.7 Å². The number of fused-ring (bicyclic) bond motifs is 5. The van der Waals surface area contributed by atoms with E-state index in [0.717, 1.165) is 60.9 Å². The van der Waals surface area contributed by atoms with Crippen molar-refractivity contribution in [3.8, 4) is 22.3 Å². The van der Waals surface area contributed by atoms with Gasteiger partial charge in [-0.15, -0.1) is 0 Å². The van der Waals surface area contributed by atoms with Crippen LogP contribution < -0.4 is 5.73 Å². The van der Waals surface area contributed by atoms with Crippen molar-refractivity contribution in [3.05, 3.63) is 193 Å². The van der Waals surface area contributed by atoms with Crippen LogP contribution in [0.3, 0.4) is 0 Å². The molecule has 0 aliphatic rings. The fourth-order valence-corrected chi connectivity index (χ4v) is 6.90. The highest BCUT2D eigenvalue weighted by molar-refractivity contribution is 6.12. The van der Waals surface area contributed by atoms with E-state index >= 15 is 0 Å². The molecule has 9 rings (SSSR count). The number of nitrogens with zero attached hydrogens (tertiary/aromatic N) is 2. The van der Waals surface area contributed by atoms with Gasteiger partial charge in [-0.3, -0.25) is 4.99 Å². The molecule has 0 spiro atoms. The van der Waals surface area contributed by atoms with Gasteiger partial charge in [0, 0.05) is 21.9 Å². The molecule has 1 heterocycles. The van der Waals surface area contributed by atoms with E-state index in [2.05, 4.69) is 115 Å². The number of benzene rings is 8. The van der Waals surface area contributed by atoms with Crippen molar-refractivity contribution in [2.75, 3.05) is 0 Å². The summed E-state index contributed by atoms with van der Waals surface area (Å²) in [6, 6.07) is 60.9. The third kappa shape index (κ3) is 5.94. The van der Waals surface area contributed by atoms with Crippen LogP contribution >= 0.6 is 0 Å². The van der Waals surface area contributed by atoms with Gasteiger partial charge in [-0.2, -0.15) is 0 Å². The molecule has 1 aromatic heterocycles. The second kappa shape index (κ2) is 12.9. The van der Waals surface area contributed by atoms with Crippen molar-refractivity contribution in [2.45, 2.75) is 6.54 Å². The Morgan fingerprint density at radius 2 is 1.02 bits per heavy atom. The van der Waals surface area contributed by atoms with Crippen molar-refractivity contribution in [3.63, 3.8) is 0 Å². The topological polar surface area (TPSA) is 63.9 Å². The summed E-state index contributed by atoms with van der Waals surface area (Å²) in [7, 11) is 0. The van der Waals surface area contributed by atoms with Gasteiger partial charge in [-0.05, 0) is 85.8 Å². The van der Waals surface area contributed by atoms with Crippen molar-refractivity contribution >= 4 is 55.2 Å². The van der Waals surface area contributed by atoms with Crippen LogP contribution in [0.5, 0.6) is 0 Å². The Bertz CT molecular complexity index is 2760. The molecule has 0 saturated carbocycles. The third-order valence-corrected chi connectivity index (χ3v) is 9.57. The van der Waals surface area contributed by atoms with E-state index in [1.165, 1.54) is 21.5 Å². The Labute approximate surface area is 295 Å². The fourth-order valence-electron chi connectivity index (χ4n) is 6.90. The lowest BCUT2D eigenvalue weighted by Crippen LogP contribution is -2.16. The SMILES string of the molecule is N/C(=N\C(=N/Cc1cc2ccccc2cc1-c1ccc(-c2ccc3c(c2)oc2cc4ccccc4cc23)cc1)c1ccccc1)c1ccccc1. The molecule has 0 fully saturated rings. The lowest BCUT2D eigenvalue weighted by Gasteiger charge is -2.13. The second-order valence-electron chi connectivity index (χ2n) is 12.8. The van der Waals surface area contributed by atoms with E-state index in [1.807, 2.05) is 60.7 Å². The first-order valence-electron chi connectivity index (χ1n) is 17.1.